The van der Waals surface area contributed by atoms with E-state index in [2.05, 4.69) is 71.7 Å². The summed E-state index contributed by atoms with van der Waals surface area (Å²) in [4.78, 5) is 9.90. The Hall–Kier alpha value is -1.59. The van der Waals surface area contributed by atoms with Crippen molar-refractivity contribution in [3.05, 3.63) is 35.9 Å². The van der Waals surface area contributed by atoms with E-state index in [1.165, 1.54) is 44.3 Å². The highest BCUT2D eigenvalue weighted by molar-refractivity contribution is 5.80. The van der Waals surface area contributed by atoms with Crippen LogP contribution in [0.15, 0.2) is 35.3 Å². The summed E-state index contributed by atoms with van der Waals surface area (Å²) < 4.78 is 0. The van der Waals surface area contributed by atoms with Crippen molar-refractivity contribution in [1.82, 2.24) is 20.4 Å². The highest BCUT2D eigenvalue weighted by atomic mass is 15.3. The van der Waals surface area contributed by atoms with Crippen LogP contribution in [0.5, 0.6) is 0 Å². The van der Waals surface area contributed by atoms with Crippen molar-refractivity contribution in [2.45, 2.75) is 58.2 Å². The first-order valence-corrected chi connectivity index (χ1v) is 11.2. The molecule has 28 heavy (non-hydrogen) atoms. The highest BCUT2D eigenvalue weighted by Crippen LogP contribution is 2.21. The lowest BCUT2D eigenvalue weighted by Gasteiger charge is -2.28. The Kier molecular flexibility index (Phi) is 8.16. The normalized spacial score (nSPS) is 25.2. The maximum absolute atomic E-state index is 4.89. The van der Waals surface area contributed by atoms with Gasteiger partial charge in [0.15, 0.2) is 5.96 Å². The van der Waals surface area contributed by atoms with E-state index >= 15 is 0 Å². The van der Waals surface area contributed by atoms with Crippen LogP contribution in [0.3, 0.4) is 0 Å². The predicted molar refractivity (Wildman–Crippen MR) is 119 cm³/mol. The third kappa shape index (κ3) is 6.49. The Balaban J connectivity index is 1.46. The zero-order valence-electron chi connectivity index (χ0n) is 18.0. The molecule has 0 amide bonds. The van der Waals surface area contributed by atoms with Crippen LogP contribution in [0, 0.1) is 5.92 Å². The molecule has 0 spiro atoms. The Morgan fingerprint density at radius 2 is 1.93 bits per heavy atom. The van der Waals surface area contributed by atoms with Crippen LogP contribution in [0.1, 0.15) is 45.1 Å². The summed E-state index contributed by atoms with van der Waals surface area (Å²) in [7, 11) is 2.23. The summed E-state index contributed by atoms with van der Waals surface area (Å²) in [5, 5.41) is 7.14. The van der Waals surface area contributed by atoms with Crippen LogP contribution < -0.4 is 10.6 Å². The number of hydrogen-bond donors (Lipinski definition) is 2. The molecule has 2 aliphatic rings. The average molecular weight is 386 g/mol. The van der Waals surface area contributed by atoms with E-state index < -0.39 is 0 Å². The lowest BCUT2D eigenvalue weighted by molar-refractivity contribution is 0.214. The van der Waals surface area contributed by atoms with Gasteiger partial charge in [0.2, 0.25) is 0 Å². The fourth-order valence-corrected chi connectivity index (χ4v) is 4.46. The van der Waals surface area contributed by atoms with Gasteiger partial charge in [0.1, 0.15) is 0 Å². The van der Waals surface area contributed by atoms with Crippen molar-refractivity contribution < 1.29 is 0 Å². The third-order valence-electron chi connectivity index (χ3n) is 6.26. The number of benzene rings is 1. The molecule has 2 atom stereocenters. The first kappa shape index (κ1) is 21.1. The van der Waals surface area contributed by atoms with Gasteiger partial charge in [0, 0.05) is 38.3 Å². The van der Waals surface area contributed by atoms with Gasteiger partial charge in [-0.25, -0.2) is 0 Å². The molecule has 0 saturated carbocycles. The van der Waals surface area contributed by atoms with Crippen molar-refractivity contribution in [2.24, 2.45) is 10.9 Å². The second-order valence-electron chi connectivity index (χ2n) is 8.64. The number of aliphatic imine (C=N–C) groups is 1. The topological polar surface area (TPSA) is 42.9 Å². The number of likely N-dealkylation sites (tertiary alicyclic amines) is 2. The van der Waals surface area contributed by atoms with Gasteiger partial charge >= 0.3 is 0 Å². The highest BCUT2D eigenvalue weighted by Gasteiger charge is 2.29. The second kappa shape index (κ2) is 10.8. The molecular weight excluding hydrogens is 346 g/mol. The summed E-state index contributed by atoms with van der Waals surface area (Å²) in [6.45, 7) is 10.9. The minimum Gasteiger partial charge on any atom is -0.357 e. The lowest BCUT2D eigenvalue weighted by Crippen LogP contribution is -2.44. The van der Waals surface area contributed by atoms with E-state index in [1.807, 2.05) is 0 Å². The van der Waals surface area contributed by atoms with Crippen LogP contribution in [0.25, 0.3) is 0 Å². The smallest absolute Gasteiger partial charge is 0.191 e. The molecular formula is C23H39N5. The van der Waals surface area contributed by atoms with Crippen LogP contribution in [0.2, 0.25) is 0 Å². The third-order valence-corrected chi connectivity index (χ3v) is 6.26. The quantitative estimate of drug-likeness (QED) is 0.559. The van der Waals surface area contributed by atoms with E-state index in [9.17, 15) is 0 Å². The Bertz CT molecular complexity index is 594. The van der Waals surface area contributed by atoms with Crippen molar-refractivity contribution in [1.29, 1.82) is 0 Å². The summed E-state index contributed by atoms with van der Waals surface area (Å²) in [5.74, 6) is 1.84. The molecule has 0 radical (unpaired) electrons. The molecule has 2 aliphatic heterocycles. The van der Waals surface area contributed by atoms with Crippen molar-refractivity contribution in [3.8, 4) is 0 Å². The molecule has 0 aromatic heterocycles. The molecule has 2 fully saturated rings. The van der Waals surface area contributed by atoms with Gasteiger partial charge in [0.25, 0.3) is 0 Å². The number of guanidine groups is 1. The molecule has 5 heteroatoms. The predicted octanol–water partition coefficient (Wildman–Crippen LogP) is 2.94. The molecule has 156 valence electrons. The van der Waals surface area contributed by atoms with Gasteiger partial charge < -0.3 is 15.5 Å². The minimum absolute atomic E-state index is 0.472. The van der Waals surface area contributed by atoms with Crippen molar-refractivity contribution in [3.63, 3.8) is 0 Å². The number of hydrogen-bond acceptors (Lipinski definition) is 3. The first-order valence-electron chi connectivity index (χ1n) is 11.2. The molecule has 2 saturated heterocycles. The van der Waals surface area contributed by atoms with Gasteiger partial charge in [-0.15, -0.1) is 0 Å². The van der Waals surface area contributed by atoms with Gasteiger partial charge in [0.05, 0.1) is 0 Å². The van der Waals surface area contributed by atoms with Crippen molar-refractivity contribution >= 4 is 5.96 Å². The zero-order chi connectivity index (χ0) is 19.8. The molecule has 2 N–H and O–H groups in total. The zero-order valence-corrected chi connectivity index (χ0v) is 18.0. The summed E-state index contributed by atoms with van der Waals surface area (Å²) >= 11 is 0. The van der Waals surface area contributed by atoms with E-state index in [0.717, 1.165) is 38.1 Å². The second-order valence-corrected chi connectivity index (χ2v) is 8.64. The van der Waals surface area contributed by atoms with E-state index in [0.29, 0.717) is 12.1 Å². The Morgan fingerprint density at radius 1 is 1.18 bits per heavy atom. The van der Waals surface area contributed by atoms with Crippen molar-refractivity contribution in [2.75, 3.05) is 39.8 Å². The molecule has 2 unspecified atom stereocenters. The fraction of sp³-hybridized carbons (Fsp3) is 0.696. The average Bonchev–Trinajstić information content (AvgIpc) is 3.03. The Morgan fingerprint density at radius 3 is 2.64 bits per heavy atom. The largest absolute Gasteiger partial charge is 0.357 e. The maximum Gasteiger partial charge on any atom is 0.191 e. The molecule has 0 aliphatic carbocycles. The van der Waals surface area contributed by atoms with Gasteiger partial charge in [-0.05, 0) is 71.1 Å². The summed E-state index contributed by atoms with van der Waals surface area (Å²) in [6.07, 6.45) is 5.03. The fourth-order valence-electron chi connectivity index (χ4n) is 4.46. The van der Waals surface area contributed by atoms with Gasteiger partial charge in [-0.3, -0.25) is 9.89 Å². The van der Waals surface area contributed by atoms with Crippen LogP contribution in [-0.2, 0) is 6.54 Å². The lowest BCUT2D eigenvalue weighted by atomic mass is 9.94. The SMILES string of the molecule is CCNC(=NCCC1CCN(C)CC1)NC1CC(C)N(Cc2ccccc2)C1. The number of piperidine rings is 1. The molecule has 5 nitrogen and oxygen atoms in total. The summed E-state index contributed by atoms with van der Waals surface area (Å²) in [5.41, 5.74) is 1.40. The Labute approximate surface area is 171 Å². The standard InChI is InChI=1S/C23H39N5/c1-4-24-23(25-13-10-20-11-14-27(3)15-12-20)26-22-16-19(2)28(18-22)17-21-8-6-5-7-9-21/h5-9,19-20,22H,4,10-18H2,1-3H3,(H2,24,25,26). The van der Waals surface area contributed by atoms with Crippen LogP contribution in [0.4, 0.5) is 0 Å². The molecule has 1 aromatic carbocycles. The molecule has 3 rings (SSSR count). The number of nitrogens with one attached hydrogen (secondary N) is 2. The molecule has 0 bridgehead atoms. The van der Waals surface area contributed by atoms with Crippen LogP contribution in [-0.4, -0.2) is 67.6 Å². The van der Waals surface area contributed by atoms with E-state index in [-0.39, 0.29) is 0 Å². The van der Waals surface area contributed by atoms with E-state index in [1.54, 1.807) is 0 Å². The maximum atomic E-state index is 4.89. The first-order chi connectivity index (χ1) is 13.6. The molecule has 1 aromatic rings. The molecule has 2 heterocycles. The van der Waals surface area contributed by atoms with Gasteiger partial charge in [-0.1, -0.05) is 30.3 Å². The monoisotopic (exact) mass is 385 g/mol. The summed E-state index contributed by atoms with van der Waals surface area (Å²) in [6, 6.07) is 11.9. The van der Waals surface area contributed by atoms with E-state index in [4.69, 9.17) is 4.99 Å². The van der Waals surface area contributed by atoms with Crippen LogP contribution >= 0.6 is 0 Å². The minimum atomic E-state index is 0.472. The van der Waals surface area contributed by atoms with Gasteiger partial charge in [-0.2, -0.15) is 0 Å². The number of nitrogens with zero attached hydrogens (tertiary/aromatic N) is 3. The number of rotatable bonds is 7.